The maximum Gasteiger partial charge on any atom is 0.125 e. The van der Waals surface area contributed by atoms with Crippen LogP contribution in [0.15, 0.2) is 45.3 Å². The van der Waals surface area contributed by atoms with Crippen molar-refractivity contribution < 1.29 is 0 Å². The predicted molar refractivity (Wildman–Crippen MR) is 84.9 cm³/mol. The molecule has 2 nitrogen and oxygen atoms in total. The molecule has 3 rings (SSSR count). The standard InChI is InChI=1S/C13H8Br2N2S/c14-7-1-3-9(10(15)5-7)13-17-11-4-2-8(16)6-12(11)18-13/h1-6H,16H2. The van der Waals surface area contributed by atoms with Crippen LogP contribution in [-0.4, -0.2) is 4.98 Å². The number of thiazole rings is 1. The average molecular weight is 384 g/mol. The Hall–Kier alpha value is -0.910. The maximum atomic E-state index is 5.79. The summed E-state index contributed by atoms with van der Waals surface area (Å²) in [6, 6.07) is 11.9. The third kappa shape index (κ3) is 2.18. The Morgan fingerprint density at radius 3 is 2.67 bits per heavy atom. The van der Waals surface area contributed by atoms with E-state index in [-0.39, 0.29) is 0 Å². The van der Waals surface area contributed by atoms with Crippen LogP contribution in [0.3, 0.4) is 0 Å². The van der Waals surface area contributed by atoms with E-state index in [1.807, 2.05) is 30.3 Å². The molecule has 0 amide bonds. The molecule has 0 fully saturated rings. The van der Waals surface area contributed by atoms with Crippen molar-refractivity contribution in [3.8, 4) is 10.6 Å². The second kappa shape index (κ2) is 4.64. The predicted octanol–water partition coefficient (Wildman–Crippen LogP) is 5.07. The largest absolute Gasteiger partial charge is 0.399 e. The van der Waals surface area contributed by atoms with E-state index in [9.17, 15) is 0 Å². The normalized spacial score (nSPS) is 11.0. The zero-order valence-electron chi connectivity index (χ0n) is 9.15. The molecular weight excluding hydrogens is 376 g/mol. The summed E-state index contributed by atoms with van der Waals surface area (Å²) in [6.07, 6.45) is 0. The Morgan fingerprint density at radius 1 is 1.06 bits per heavy atom. The van der Waals surface area contributed by atoms with Crippen molar-refractivity contribution in [3.05, 3.63) is 45.3 Å². The number of nitrogens with zero attached hydrogens (tertiary/aromatic N) is 1. The molecular formula is C13H8Br2N2S. The maximum absolute atomic E-state index is 5.79. The van der Waals surface area contributed by atoms with Gasteiger partial charge in [-0.15, -0.1) is 11.3 Å². The van der Waals surface area contributed by atoms with Crippen LogP contribution in [0.25, 0.3) is 20.8 Å². The SMILES string of the molecule is Nc1ccc2nc(-c3ccc(Br)cc3Br)sc2c1. The molecule has 0 radical (unpaired) electrons. The van der Waals surface area contributed by atoms with Crippen LogP contribution in [0.1, 0.15) is 0 Å². The first kappa shape index (κ1) is 12.1. The number of aromatic nitrogens is 1. The van der Waals surface area contributed by atoms with Gasteiger partial charge in [0.25, 0.3) is 0 Å². The van der Waals surface area contributed by atoms with Gasteiger partial charge in [0.2, 0.25) is 0 Å². The molecule has 3 aromatic rings. The molecule has 0 bridgehead atoms. The van der Waals surface area contributed by atoms with Gasteiger partial charge in [-0.3, -0.25) is 0 Å². The highest BCUT2D eigenvalue weighted by Crippen LogP contribution is 2.36. The van der Waals surface area contributed by atoms with Gasteiger partial charge in [-0.05, 0) is 36.4 Å². The summed E-state index contributed by atoms with van der Waals surface area (Å²) in [5.41, 5.74) is 8.64. The van der Waals surface area contributed by atoms with E-state index in [2.05, 4.69) is 42.9 Å². The van der Waals surface area contributed by atoms with E-state index in [1.54, 1.807) is 11.3 Å². The van der Waals surface area contributed by atoms with Crippen LogP contribution >= 0.6 is 43.2 Å². The number of halogens is 2. The number of nitrogen functional groups attached to an aromatic ring is 1. The highest BCUT2D eigenvalue weighted by molar-refractivity contribution is 9.11. The summed E-state index contributed by atoms with van der Waals surface area (Å²) in [4.78, 5) is 4.63. The molecule has 2 aromatic carbocycles. The zero-order valence-corrected chi connectivity index (χ0v) is 13.1. The summed E-state index contributed by atoms with van der Waals surface area (Å²) in [6.45, 7) is 0. The van der Waals surface area contributed by atoms with Crippen LogP contribution in [0.5, 0.6) is 0 Å². The summed E-state index contributed by atoms with van der Waals surface area (Å²) < 4.78 is 3.19. The van der Waals surface area contributed by atoms with Crippen LogP contribution in [0.4, 0.5) is 5.69 Å². The van der Waals surface area contributed by atoms with Gasteiger partial charge >= 0.3 is 0 Å². The molecule has 0 saturated heterocycles. The Bertz CT molecular complexity index is 737. The number of hydrogen-bond acceptors (Lipinski definition) is 3. The minimum Gasteiger partial charge on any atom is -0.399 e. The lowest BCUT2D eigenvalue weighted by atomic mass is 10.2. The molecule has 90 valence electrons. The number of fused-ring (bicyclic) bond motifs is 1. The quantitative estimate of drug-likeness (QED) is 0.595. The molecule has 18 heavy (non-hydrogen) atoms. The van der Waals surface area contributed by atoms with E-state index in [0.717, 1.165) is 35.4 Å². The van der Waals surface area contributed by atoms with E-state index >= 15 is 0 Å². The van der Waals surface area contributed by atoms with Crippen LogP contribution in [-0.2, 0) is 0 Å². The van der Waals surface area contributed by atoms with Gasteiger partial charge < -0.3 is 5.73 Å². The number of rotatable bonds is 1. The summed E-state index contributed by atoms with van der Waals surface area (Å²) >= 11 is 8.67. The summed E-state index contributed by atoms with van der Waals surface area (Å²) in [5, 5.41) is 0.995. The van der Waals surface area contributed by atoms with E-state index in [0.29, 0.717) is 0 Å². The van der Waals surface area contributed by atoms with E-state index in [1.165, 1.54) is 0 Å². The topological polar surface area (TPSA) is 38.9 Å². The van der Waals surface area contributed by atoms with E-state index < -0.39 is 0 Å². The molecule has 1 aromatic heterocycles. The highest BCUT2D eigenvalue weighted by atomic mass is 79.9. The van der Waals surface area contributed by atoms with Gasteiger partial charge in [0.15, 0.2) is 0 Å². The number of nitrogens with two attached hydrogens (primary N) is 1. The molecule has 2 N–H and O–H groups in total. The van der Waals surface area contributed by atoms with Crippen molar-refractivity contribution in [3.63, 3.8) is 0 Å². The molecule has 0 unspecified atom stereocenters. The third-order valence-corrected chi connectivity index (χ3v) is 4.77. The molecule has 0 aliphatic heterocycles. The van der Waals surface area contributed by atoms with Gasteiger partial charge in [0.05, 0.1) is 10.2 Å². The minimum absolute atomic E-state index is 0.771. The summed E-state index contributed by atoms with van der Waals surface area (Å²) in [7, 11) is 0. The Labute approximate surface area is 125 Å². The molecule has 0 saturated carbocycles. The molecule has 1 heterocycles. The van der Waals surface area contributed by atoms with Gasteiger partial charge in [-0.25, -0.2) is 4.98 Å². The van der Waals surface area contributed by atoms with Gasteiger partial charge in [0.1, 0.15) is 5.01 Å². The lowest BCUT2D eigenvalue weighted by Crippen LogP contribution is -1.81. The molecule has 5 heteroatoms. The highest BCUT2D eigenvalue weighted by Gasteiger charge is 2.09. The van der Waals surface area contributed by atoms with Gasteiger partial charge in [-0.1, -0.05) is 31.9 Å². The van der Waals surface area contributed by atoms with Crippen molar-refractivity contribution in [1.29, 1.82) is 0 Å². The lowest BCUT2D eigenvalue weighted by Gasteiger charge is -2.00. The fraction of sp³-hybridized carbons (Fsp3) is 0. The first-order valence-corrected chi connectivity index (χ1v) is 7.65. The molecule has 0 spiro atoms. The number of hydrogen-bond donors (Lipinski definition) is 1. The second-order valence-electron chi connectivity index (χ2n) is 3.87. The summed E-state index contributed by atoms with van der Waals surface area (Å²) in [5.74, 6) is 0. The van der Waals surface area contributed by atoms with E-state index in [4.69, 9.17) is 5.73 Å². The minimum atomic E-state index is 0.771. The Morgan fingerprint density at radius 2 is 1.89 bits per heavy atom. The molecule has 0 atom stereocenters. The molecule has 0 aliphatic carbocycles. The monoisotopic (exact) mass is 382 g/mol. The first-order valence-electron chi connectivity index (χ1n) is 5.25. The second-order valence-corrected chi connectivity index (χ2v) is 6.67. The fourth-order valence-corrected chi connectivity index (χ4v) is 4.14. The van der Waals surface area contributed by atoms with Crippen LogP contribution in [0.2, 0.25) is 0 Å². The first-order chi connectivity index (χ1) is 8.63. The fourth-order valence-electron chi connectivity index (χ4n) is 1.72. The average Bonchev–Trinajstić information content (AvgIpc) is 2.71. The Kier molecular flexibility index (Phi) is 3.13. The number of anilines is 1. The Balaban J connectivity index is 2.19. The number of benzene rings is 2. The van der Waals surface area contributed by atoms with Crippen molar-refractivity contribution in [2.75, 3.05) is 5.73 Å². The van der Waals surface area contributed by atoms with Crippen molar-refractivity contribution in [1.82, 2.24) is 4.98 Å². The van der Waals surface area contributed by atoms with Crippen molar-refractivity contribution in [2.45, 2.75) is 0 Å². The smallest absolute Gasteiger partial charge is 0.125 e. The van der Waals surface area contributed by atoms with Crippen LogP contribution in [0, 0.1) is 0 Å². The molecule has 0 aliphatic rings. The van der Waals surface area contributed by atoms with Gasteiger partial charge in [-0.2, -0.15) is 0 Å². The lowest BCUT2D eigenvalue weighted by molar-refractivity contribution is 1.46. The van der Waals surface area contributed by atoms with Crippen LogP contribution < -0.4 is 5.73 Å². The van der Waals surface area contributed by atoms with Crippen molar-refractivity contribution >= 4 is 59.1 Å². The zero-order chi connectivity index (χ0) is 12.7. The van der Waals surface area contributed by atoms with Gasteiger partial charge in [0, 0.05) is 20.2 Å². The van der Waals surface area contributed by atoms with Crippen molar-refractivity contribution in [2.24, 2.45) is 0 Å². The third-order valence-electron chi connectivity index (χ3n) is 2.57.